The first-order valence-electron chi connectivity index (χ1n) is 6.74. The van der Waals surface area contributed by atoms with Gasteiger partial charge < -0.3 is 15.2 Å². The molecular weight excluding hydrogens is 226 g/mol. The van der Waals surface area contributed by atoms with Crippen LogP contribution in [-0.2, 0) is 0 Å². The van der Waals surface area contributed by atoms with Gasteiger partial charge in [-0.15, -0.1) is 0 Å². The smallest absolute Gasteiger partial charge is 0.119 e. The molecule has 0 heterocycles. The number of aliphatic hydroxyl groups excluding tert-OH is 1. The molecule has 0 saturated heterocycles. The third-order valence-corrected chi connectivity index (χ3v) is 3.09. The predicted molar refractivity (Wildman–Crippen MR) is 75.0 cm³/mol. The van der Waals surface area contributed by atoms with Crippen molar-refractivity contribution < 1.29 is 9.84 Å². The third kappa shape index (κ3) is 5.52. The van der Waals surface area contributed by atoms with Gasteiger partial charge in [-0.3, -0.25) is 0 Å². The Bertz CT molecular complexity index is 316. The molecule has 1 atom stereocenters. The van der Waals surface area contributed by atoms with Crippen LogP contribution in [0.4, 0.5) is 0 Å². The molecule has 1 aromatic rings. The van der Waals surface area contributed by atoms with Crippen LogP contribution < -0.4 is 10.1 Å². The van der Waals surface area contributed by atoms with Crippen molar-refractivity contribution in [1.82, 2.24) is 5.32 Å². The Morgan fingerprint density at radius 1 is 1.22 bits per heavy atom. The summed E-state index contributed by atoms with van der Waals surface area (Å²) < 4.78 is 5.63. The fourth-order valence-electron chi connectivity index (χ4n) is 1.97. The Hall–Kier alpha value is -1.06. The zero-order valence-corrected chi connectivity index (χ0v) is 11.5. The Morgan fingerprint density at radius 3 is 2.56 bits per heavy atom. The van der Waals surface area contributed by atoms with Gasteiger partial charge >= 0.3 is 0 Å². The highest BCUT2D eigenvalue weighted by molar-refractivity contribution is 5.20. The van der Waals surface area contributed by atoms with E-state index in [1.165, 1.54) is 0 Å². The van der Waals surface area contributed by atoms with E-state index in [1.807, 2.05) is 30.3 Å². The molecule has 18 heavy (non-hydrogen) atoms. The summed E-state index contributed by atoms with van der Waals surface area (Å²) in [6.07, 6.45) is 3.03. The topological polar surface area (TPSA) is 41.5 Å². The fraction of sp³-hybridized carbons (Fsp3) is 0.600. The molecule has 0 amide bonds. The van der Waals surface area contributed by atoms with Crippen molar-refractivity contribution in [1.29, 1.82) is 0 Å². The number of hydrogen-bond donors (Lipinski definition) is 2. The van der Waals surface area contributed by atoms with Crippen LogP contribution >= 0.6 is 0 Å². The van der Waals surface area contributed by atoms with E-state index in [0.717, 1.165) is 38.2 Å². The molecule has 1 rings (SSSR count). The van der Waals surface area contributed by atoms with Crippen molar-refractivity contribution >= 4 is 0 Å². The molecule has 0 aromatic heterocycles. The summed E-state index contributed by atoms with van der Waals surface area (Å²) in [4.78, 5) is 0. The molecule has 3 nitrogen and oxygen atoms in total. The van der Waals surface area contributed by atoms with E-state index in [-0.39, 0.29) is 12.1 Å². The first-order valence-corrected chi connectivity index (χ1v) is 6.74. The van der Waals surface area contributed by atoms with Crippen molar-refractivity contribution in [3.05, 3.63) is 30.3 Å². The summed E-state index contributed by atoms with van der Waals surface area (Å²) in [5.74, 6) is 0.925. The van der Waals surface area contributed by atoms with E-state index >= 15 is 0 Å². The van der Waals surface area contributed by atoms with Gasteiger partial charge in [0.1, 0.15) is 5.75 Å². The van der Waals surface area contributed by atoms with Gasteiger partial charge in [0.15, 0.2) is 0 Å². The number of aliphatic hydroxyl groups is 1. The molecule has 102 valence electrons. The predicted octanol–water partition coefficient (Wildman–Crippen LogP) is 2.60. The Labute approximate surface area is 110 Å². The van der Waals surface area contributed by atoms with Crippen molar-refractivity contribution in [2.24, 2.45) is 0 Å². The second-order valence-corrected chi connectivity index (χ2v) is 4.87. The van der Waals surface area contributed by atoms with Gasteiger partial charge in [-0.1, -0.05) is 25.1 Å². The van der Waals surface area contributed by atoms with E-state index < -0.39 is 0 Å². The van der Waals surface area contributed by atoms with Gasteiger partial charge in [0.05, 0.1) is 13.2 Å². The number of likely N-dealkylation sites (N-methyl/N-ethyl adjacent to an activating group) is 1. The van der Waals surface area contributed by atoms with E-state index in [9.17, 15) is 5.11 Å². The van der Waals surface area contributed by atoms with Crippen LogP contribution in [0.25, 0.3) is 0 Å². The molecule has 0 fully saturated rings. The summed E-state index contributed by atoms with van der Waals surface area (Å²) in [5, 5.41) is 12.7. The lowest BCUT2D eigenvalue weighted by Crippen LogP contribution is -2.45. The number of nitrogens with one attached hydrogen (secondary N) is 1. The van der Waals surface area contributed by atoms with Crippen LogP contribution in [0, 0.1) is 0 Å². The zero-order chi connectivity index (χ0) is 13.3. The van der Waals surface area contributed by atoms with Crippen molar-refractivity contribution in [2.75, 3.05) is 19.8 Å². The molecule has 1 aromatic carbocycles. The van der Waals surface area contributed by atoms with Crippen LogP contribution in [0.1, 0.15) is 33.1 Å². The molecule has 3 heteroatoms. The van der Waals surface area contributed by atoms with Crippen LogP contribution in [0.3, 0.4) is 0 Å². The molecular formula is C15H25NO2. The highest BCUT2D eigenvalue weighted by Crippen LogP contribution is 2.14. The van der Waals surface area contributed by atoms with Gasteiger partial charge in [-0.2, -0.15) is 0 Å². The highest BCUT2D eigenvalue weighted by Gasteiger charge is 2.20. The maximum Gasteiger partial charge on any atom is 0.119 e. The number of benzene rings is 1. The van der Waals surface area contributed by atoms with Gasteiger partial charge in [0, 0.05) is 5.54 Å². The third-order valence-electron chi connectivity index (χ3n) is 3.09. The SMILES string of the molecule is CCNC(C)(CO)CCCCOc1ccccc1. The normalized spacial score (nSPS) is 14.2. The molecule has 0 bridgehead atoms. The Balaban J connectivity index is 2.15. The van der Waals surface area contributed by atoms with Gasteiger partial charge in [0.25, 0.3) is 0 Å². The molecule has 0 aliphatic carbocycles. The van der Waals surface area contributed by atoms with Crippen molar-refractivity contribution in [2.45, 2.75) is 38.6 Å². The standard InChI is InChI=1S/C15H25NO2/c1-3-16-15(2,13-17)11-7-8-12-18-14-9-5-4-6-10-14/h4-6,9-10,16-17H,3,7-8,11-13H2,1-2H3. The monoisotopic (exact) mass is 251 g/mol. The van der Waals surface area contributed by atoms with E-state index in [4.69, 9.17) is 4.74 Å². The molecule has 0 saturated carbocycles. The average molecular weight is 251 g/mol. The summed E-state index contributed by atoms with van der Waals surface area (Å²) in [5.41, 5.74) is -0.151. The number of ether oxygens (including phenoxy) is 1. The molecule has 0 aliphatic heterocycles. The summed E-state index contributed by atoms with van der Waals surface area (Å²) in [6, 6.07) is 9.87. The first-order chi connectivity index (χ1) is 8.70. The lowest BCUT2D eigenvalue weighted by Gasteiger charge is -2.28. The molecule has 1 unspecified atom stereocenters. The first kappa shape index (κ1) is 15.0. The minimum atomic E-state index is -0.151. The van der Waals surface area contributed by atoms with Gasteiger partial charge in [-0.25, -0.2) is 0 Å². The second kappa shape index (κ2) is 8.11. The minimum Gasteiger partial charge on any atom is -0.494 e. The molecule has 0 radical (unpaired) electrons. The summed E-state index contributed by atoms with van der Waals surface area (Å²) >= 11 is 0. The zero-order valence-electron chi connectivity index (χ0n) is 11.5. The van der Waals surface area contributed by atoms with Gasteiger partial charge in [0.2, 0.25) is 0 Å². The largest absolute Gasteiger partial charge is 0.494 e. The minimum absolute atomic E-state index is 0.151. The molecule has 0 aliphatic rings. The quantitative estimate of drug-likeness (QED) is 0.663. The maximum absolute atomic E-state index is 9.36. The number of para-hydroxylation sites is 1. The van der Waals surface area contributed by atoms with E-state index in [2.05, 4.69) is 19.2 Å². The number of rotatable bonds is 9. The van der Waals surface area contributed by atoms with Crippen LogP contribution in [0.5, 0.6) is 5.75 Å². The van der Waals surface area contributed by atoms with E-state index in [1.54, 1.807) is 0 Å². The molecule has 0 spiro atoms. The van der Waals surface area contributed by atoms with Crippen molar-refractivity contribution in [3.8, 4) is 5.75 Å². The lowest BCUT2D eigenvalue weighted by molar-refractivity contribution is 0.162. The lowest BCUT2D eigenvalue weighted by atomic mass is 9.96. The highest BCUT2D eigenvalue weighted by atomic mass is 16.5. The second-order valence-electron chi connectivity index (χ2n) is 4.87. The fourth-order valence-corrected chi connectivity index (χ4v) is 1.97. The molecule has 2 N–H and O–H groups in total. The number of unbranched alkanes of at least 4 members (excludes halogenated alkanes) is 1. The summed E-state index contributed by atoms with van der Waals surface area (Å²) in [7, 11) is 0. The number of hydrogen-bond acceptors (Lipinski definition) is 3. The maximum atomic E-state index is 9.36. The van der Waals surface area contributed by atoms with E-state index in [0.29, 0.717) is 0 Å². The Morgan fingerprint density at radius 2 is 1.94 bits per heavy atom. The Kier molecular flexibility index (Phi) is 6.76. The van der Waals surface area contributed by atoms with Crippen LogP contribution in [0.2, 0.25) is 0 Å². The van der Waals surface area contributed by atoms with Crippen LogP contribution in [-0.4, -0.2) is 30.4 Å². The van der Waals surface area contributed by atoms with Crippen LogP contribution in [0.15, 0.2) is 30.3 Å². The summed E-state index contributed by atoms with van der Waals surface area (Å²) in [6.45, 7) is 5.93. The van der Waals surface area contributed by atoms with Gasteiger partial charge in [-0.05, 0) is 44.9 Å². The average Bonchev–Trinajstić information content (AvgIpc) is 2.40. The van der Waals surface area contributed by atoms with Crippen molar-refractivity contribution in [3.63, 3.8) is 0 Å².